The van der Waals surface area contributed by atoms with Gasteiger partial charge in [-0.15, -0.1) is 0 Å². The van der Waals surface area contributed by atoms with E-state index < -0.39 is 0 Å². The first kappa shape index (κ1) is 8.72. The molecule has 0 spiro atoms. The van der Waals surface area contributed by atoms with Crippen molar-refractivity contribution in [1.82, 2.24) is 5.32 Å². The molecule has 1 N–H and O–H groups in total. The fourth-order valence-electron chi connectivity index (χ4n) is 1.25. The Kier molecular flexibility index (Phi) is 2.81. The van der Waals surface area contributed by atoms with Gasteiger partial charge in [-0.3, -0.25) is 14.9 Å². The van der Waals surface area contributed by atoms with E-state index >= 15 is 0 Å². The first-order chi connectivity index (χ1) is 5.74. The van der Waals surface area contributed by atoms with E-state index in [1.165, 1.54) is 0 Å². The molecule has 1 atom stereocenters. The molecule has 0 saturated carbocycles. The number of nitriles is 1. The van der Waals surface area contributed by atoms with E-state index in [4.69, 9.17) is 5.26 Å². The molecule has 4 heteroatoms. The number of piperidine rings is 1. The minimum Gasteiger partial charge on any atom is -0.296 e. The van der Waals surface area contributed by atoms with Crippen LogP contribution in [0.3, 0.4) is 0 Å². The van der Waals surface area contributed by atoms with Crippen LogP contribution in [0.1, 0.15) is 25.7 Å². The van der Waals surface area contributed by atoms with Gasteiger partial charge in [0.2, 0.25) is 11.8 Å². The molecule has 1 aliphatic rings. The molecule has 4 nitrogen and oxygen atoms in total. The van der Waals surface area contributed by atoms with Gasteiger partial charge in [0.25, 0.3) is 0 Å². The van der Waals surface area contributed by atoms with E-state index in [1.807, 2.05) is 6.07 Å². The molecule has 12 heavy (non-hydrogen) atoms. The highest BCUT2D eigenvalue weighted by Gasteiger charge is 2.25. The minimum atomic E-state index is -0.221. The first-order valence-corrected chi connectivity index (χ1v) is 3.94. The first-order valence-electron chi connectivity index (χ1n) is 3.94. The minimum absolute atomic E-state index is 0.137. The van der Waals surface area contributed by atoms with Crippen molar-refractivity contribution in [1.29, 1.82) is 5.26 Å². The van der Waals surface area contributed by atoms with Gasteiger partial charge in [-0.05, 0) is 12.8 Å². The number of imide groups is 1. The van der Waals surface area contributed by atoms with E-state index in [-0.39, 0.29) is 17.7 Å². The Bertz CT molecular complexity index is 242. The van der Waals surface area contributed by atoms with Crippen LogP contribution in [-0.2, 0) is 9.59 Å². The van der Waals surface area contributed by atoms with Gasteiger partial charge >= 0.3 is 0 Å². The summed E-state index contributed by atoms with van der Waals surface area (Å²) in [5.74, 6) is -0.558. The van der Waals surface area contributed by atoms with Crippen molar-refractivity contribution < 1.29 is 9.59 Å². The lowest BCUT2D eigenvalue weighted by atomic mass is 9.94. The van der Waals surface area contributed by atoms with Crippen molar-refractivity contribution in [2.24, 2.45) is 5.92 Å². The van der Waals surface area contributed by atoms with Crippen LogP contribution in [0.4, 0.5) is 0 Å². The van der Waals surface area contributed by atoms with Gasteiger partial charge in [0.1, 0.15) is 0 Å². The number of hydrogen-bond donors (Lipinski definition) is 1. The highest BCUT2D eigenvalue weighted by molar-refractivity contribution is 5.98. The van der Waals surface area contributed by atoms with Crippen LogP contribution in [0, 0.1) is 17.2 Å². The summed E-state index contributed by atoms with van der Waals surface area (Å²) < 4.78 is 0. The molecular formula is C8H10N2O2. The van der Waals surface area contributed by atoms with Crippen molar-refractivity contribution in [3.05, 3.63) is 0 Å². The second kappa shape index (κ2) is 3.86. The summed E-state index contributed by atoms with van der Waals surface area (Å²) >= 11 is 0. The van der Waals surface area contributed by atoms with Crippen molar-refractivity contribution in [2.45, 2.75) is 25.7 Å². The van der Waals surface area contributed by atoms with E-state index in [1.54, 1.807) is 0 Å². The Labute approximate surface area is 70.6 Å². The fourth-order valence-corrected chi connectivity index (χ4v) is 1.25. The molecule has 0 aromatic carbocycles. The lowest BCUT2D eigenvalue weighted by Crippen LogP contribution is -2.40. The molecule has 2 amide bonds. The maximum Gasteiger partial charge on any atom is 0.229 e. The van der Waals surface area contributed by atoms with Crippen molar-refractivity contribution >= 4 is 11.8 Å². The molecular weight excluding hydrogens is 156 g/mol. The molecule has 64 valence electrons. The molecule has 0 aromatic rings. The molecule has 0 bridgehead atoms. The summed E-state index contributed by atoms with van der Waals surface area (Å²) in [7, 11) is 0. The Hall–Kier alpha value is -1.37. The van der Waals surface area contributed by atoms with Gasteiger partial charge < -0.3 is 0 Å². The average Bonchev–Trinajstić information content (AvgIpc) is 2.03. The number of carbonyl (C=O) groups is 2. The summed E-state index contributed by atoms with van der Waals surface area (Å²) in [6, 6.07) is 1.98. The topological polar surface area (TPSA) is 70.0 Å². The van der Waals surface area contributed by atoms with E-state index in [2.05, 4.69) is 5.32 Å². The normalized spacial score (nSPS) is 23.1. The largest absolute Gasteiger partial charge is 0.296 e. The van der Waals surface area contributed by atoms with Crippen LogP contribution in [0.25, 0.3) is 0 Å². The summed E-state index contributed by atoms with van der Waals surface area (Å²) in [4.78, 5) is 21.8. The summed E-state index contributed by atoms with van der Waals surface area (Å²) in [5, 5.41) is 10.5. The third-order valence-corrected chi connectivity index (χ3v) is 1.96. The van der Waals surface area contributed by atoms with Crippen LogP contribution in [-0.4, -0.2) is 11.8 Å². The molecule has 0 aromatic heterocycles. The van der Waals surface area contributed by atoms with E-state index in [0.717, 1.165) is 0 Å². The second-order valence-electron chi connectivity index (χ2n) is 2.84. The molecule has 1 heterocycles. The highest BCUT2D eigenvalue weighted by Crippen LogP contribution is 2.16. The zero-order chi connectivity index (χ0) is 8.97. The lowest BCUT2D eigenvalue weighted by molar-refractivity contribution is -0.136. The van der Waals surface area contributed by atoms with Gasteiger partial charge in [-0.2, -0.15) is 5.26 Å². The van der Waals surface area contributed by atoms with Crippen LogP contribution in [0.5, 0.6) is 0 Å². The average molecular weight is 166 g/mol. The number of hydrogen-bond acceptors (Lipinski definition) is 3. The quantitative estimate of drug-likeness (QED) is 0.601. The number of rotatable bonds is 2. The van der Waals surface area contributed by atoms with Crippen LogP contribution in [0.2, 0.25) is 0 Å². The van der Waals surface area contributed by atoms with Crippen LogP contribution in [0.15, 0.2) is 0 Å². The monoisotopic (exact) mass is 166 g/mol. The predicted octanol–water partition coefficient (Wildman–Crippen LogP) is 0.343. The lowest BCUT2D eigenvalue weighted by Gasteiger charge is -2.19. The molecule has 1 aliphatic heterocycles. The molecule has 0 radical (unpaired) electrons. The van der Waals surface area contributed by atoms with Gasteiger partial charge in [0.15, 0.2) is 0 Å². The maximum atomic E-state index is 11.1. The SMILES string of the molecule is N#CCC[C@@H]1CCC(=O)NC1=O. The van der Waals surface area contributed by atoms with Crippen LogP contribution < -0.4 is 5.32 Å². The van der Waals surface area contributed by atoms with Crippen LogP contribution >= 0.6 is 0 Å². The molecule has 1 rings (SSSR count). The Balaban J connectivity index is 2.41. The maximum absolute atomic E-state index is 11.1. The van der Waals surface area contributed by atoms with Crippen molar-refractivity contribution in [3.8, 4) is 6.07 Å². The Morgan fingerprint density at radius 2 is 2.33 bits per heavy atom. The zero-order valence-electron chi connectivity index (χ0n) is 6.67. The van der Waals surface area contributed by atoms with E-state index in [9.17, 15) is 9.59 Å². The summed E-state index contributed by atoms with van der Waals surface area (Å²) in [6.07, 6.45) is 1.94. The molecule has 0 unspecified atom stereocenters. The van der Waals surface area contributed by atoms with Crippen molar-refractivity contribution in [3.63, 3.8) is 0 Å². The molecule has 1 saturated heterocycles. The van der Waals surface area contributed by atoms with Crippen molar-refractivity contribution in [2.75, 3.05) is 0 Å². The highest BCUT2D eigenvalue weighted by atomic mass is 16.2. The molecule has 0 aliphatic carbocycles. The van der Waals surface area contributed by atoms with E-state index in [0.29, 0.717) is 25.7 Å². The predicted molar refractivity (Wildman–Crippen MR) is 40.7 cm³/mol. The number of nitrogens with zero attached hydrogens (tertiary/aromatic N) is 1. The summed E-state index contributed by atoms with van der Waals surface area (Å²) in [6.45, 7) is 0. The fraction of sp³-hybridized carbons (Fsp3) is 0.625. The number of amides is 2. The second-order valence-corrected chi connectivity index (χ2v) is 2.84. The third-order valence-electron chi connectivity index (χ3n) is 1.96. The number of nitrogens with one attached hydrogen (secondary N) is 1. The zero-order valence-corrected chi connectivity index (χ0v) is 6.67. The standard InChI is InChI=1S/C8H10N2O2/c9-5-1-2-6-3-4-7(11)10-8(6)12/h6H,1-4H2,(H,10,11,12)/t6-/m1/s1. The summed E-state index contributed by atoms with van der Waals surface area (Å²) in [5.41, 5.74) is 0. The van der Waals surface area contributed by atoms with Gasteiger partial charge in [-0.1, -0.05) is 0 Å². The van der Waals surface area contributed by atoms with Gasteiger partial charge in [0.05, 0.1) is 6.07 Å². The number of carbonyl (C=O) groups excluding carboxylic acids is 2. The third kappa shape index (κ3) is 2.06. The van der Waals surface area contributed by atoms with Gasteiger partial charge in [0, 0.05) is 18.8 Å². The Morgan fingerprint density at radius 1 is 1.58 bits per heavy atom. The smallest absolute Gasteiger partial charge is 0.229 e. The van der Waals surface area contributed by atoms with Gasteiger partial charge in [-0.25, -0.2) is 0 Å². The molecule has 1 fully saturated rings. The Morgan fingerprint density at radius 3 is 2.92 bits per heavy atom.